The Hall–Kier alpha value is -4.16. The summed E-state index contributed by atoms with van der Waals surface area (Å²) in [5.74, 6) is -3.21. The van der Waals surface area contributed by atoms with Gasteiger partial charge in [0, 0.05) is 25.6 Å². The van der Waals surface area contributed by atoms with Crippen LogP contribution in [0.2, 0.25) is 0 Å². The number of aromatic nitrogens is 6. The molecule has 1 fully saturated rings. The number of rotatable bonds is 11. The first-order valence-corrected chi connectivity index (χ1v) is 17.5. The number of amides is 4. The van der Waals surface area contributed by atoms with Gasteiger partial charge in [-0.05, 0) is 33.7 Å². The van der Waals surface area contributed by atoms with E-state index in [9.17, 15) is 42.6 Å². The van der Waals surface area contributed by atoms with E-state index in [0.29, 0.717) is 10.7 Å². The van der Waals surface area contributed by atoms with Crippen LogP contribution in [0, 0.1) is 0 Å². The summed E-state index contributed by atoms with van der Waals surface area (Å²) in [7, 11) is -0.917. The number of phenols is 1. The van der Waals surface area contributed by atoms with E-state index in [1.54, 1.807) is 7.05 Å². The van der Waals surface area contributed by atoms with Crippen molar-refractivity contribution < 1.29 is 67.4 Å². The van der Waals surface area contributed by atoms with E-state index in [1.165, 1.54) is 59.5 Å². The van der Waals surface area contributed by atoms with Crippen LogP contribution in [0.25, 0.3) is 0 Å². The first-order valence-electron chi connectivity index (χ1n) is 13.6. The van der Waals surface area contributed by atoms with Crippen LogP contribution in [0.3, 0.4) is 0 Å². The van der Waals surface area contributed by atoms with Crippen LogP contribution in [0.4, 0.5) is 16.4 Å². The van der Waals surface area contributed by atoms with Gasteiger partial charge < -0.3 is 31.0 Å². The minimum Gasteiger partial charge on any atom is -0.543 e. The van der Waals surface area contributed by atoms with E-state index in [4.69, 9.17) is 0 Å². The Kier molecular flexibility index (Phi) is 11.7. The van der Waals surface area contributed by atoms with Gasteiger partial charge >= 0.3 is 35.6 Å². The molecular formula is C25H26N11NaO9S3. The fourth-order valence-corrected chi connectivity index (χ4v) is 7.52. The summed E-state index contributed by atoms with van der Waals surface area (Å²) < 4.78 is 27.4. The van der Waals surface area contributed by atoms with Gasteiger partial charge in [0.15, 0.2) is 0 Å². The Labute approximate surface area is 307 Å². The minimum atomic E-state index is -3.76. The molecule has 1 saturated heterocycles. The summed E-state index contributed by atoms with van der Waals surface area (Å²) in [6.45, 7) is 0. The number of urea groups is 1. The number of nitrogens with zero attached hydrogens (tertiary/aromatic N) is 7. The number of tetrazole rings is 1. The maximum atomic E-state index is 13.6. The van der Waals surface area contributed by atoms with Crippen molar-refractivity contribution in [3.8, 4) is 5.75 Å². The minimum absolute atomic E-state index is 0. The predicted molar refractivity (Wildman–Crippen MR) is 168 cm³/mol. The molecule has 2 aromatic heterocycles. The van der Waals surface area contributed by atoms with Gasteiger partial charge in [0.2, 0.25) is 27.0 Å². The molecular weight excluding hydrogens is 718 g/mol. The van der Waals surface area contributed by atoms with Crippen molar-refractivity contribution in [2.24, 2.45) is 14.1 Å². The van der Waals surface area contributed by atoms with Crippen LogP contribution in [0.5, 0.6) is 5.75 Å². The van der Waals surface area contributed by atoms with Gasteiger partial charge in [-0.2, -0.15) is 0 Å². The largest absolute Gasteiger partial charge is 1.00 e. The number of anilines is 2. The molecule has 2 unspecified atom stereocenters. The fraction of sp³-hybridized carbons (Fsp3) is 0.320. The van der Waals surface area contributed by atoms with Crippen molar-refractivity contribution in [2.75, 3.05) is 27.8 Å². The third-order valence-electron chi connectivity index (χ3n) is 6.95. The molecule has 0 radical (unpaired) electrons. The number of carbonyl (C=O) groups excluding carboxylic acids is 4. The first-order chi connectivity index (χ1) is 22.6. The number of carboxylic acids is 1. The number of β-lactam (4-membered cyclic amide) rings is 1. The summed E-state index contributed by atoms with van der Waals surface area (Å²) in [6.07, 6.45) is 1.79. The molecule has 4 heterocycles. The summed E-state index contributed by atoms with van der Waals surface area (Å²) >= 11 is 2.40. The second kappa shape index (κ2) is 15.2. The molecule has 0 aliphatic carbocycles. The van der Waals surface area contributed by atoms with E-state index in [-0.39, 0.29) is 69.7 Å². The van der Waals surface area contributed by atoms with Crippen LogP contribution in [0.1, 0.15) is 11.6 Å². The van der Waals surface area contributed by atoms with E-state index < -0.39 is 56.9 Å². The molecule has 0 bridgehead atoms. The normalized spacial score (nSPS) is 17.6. The van der Waals surface area contributed by atoms with Crippen molar-refractivity contribution in [3.05, 3.63) is 57.6 Å². The number of carboxylic acid groups (broad SMARTS) is 1. The molecule has 3 atom stereocenters. The van der Waals surface area contributed by atoms with E-state index in [2.05, 4.69) is 41.2 Å². The van der Waals surface area contributed by atoms with Crippen molar-refractivity contribution >= 4 is 69.0 Å². The number of benzene rings is 1. The molecule has 0 saturated carbocycles. The van der Waals surface area contributed by atoms with Crippen molar-refractivity contribution in [1.29, 1.82) is 0 Å². The topological polar surface area (TPSA) is 276 Å². The van der Waals surface area contributed by atoms with Gasteiger partial charge in [0.1, 0.15) is 28.9 Å². The molecule has 1 aromatic carbocycles. The second-order valence-electron chi connectivity index (χ2n) is 10.4. The summed E-state index contributed by atoms with van der Waals surface area (Å²) in [5, 5.41) is 39.9. The van der Waals surface area contributed by atoms with Crippen molar-refractivity contribution in [1.82, 2.24) is 45.3 Å². The number of carbonyl (C=O) groups is 4. The van der Waals surface area contributed by atoms with Gasteiger partial charge in [0.25, 0.3) is 11.5 Å². The number of fused-ring (bicyclic) bond motifs is 1. The van der Waals surface area contributed by atoms with Gasteiger partial charge in [-0.25, -0.2) is 22.9 Å². The monoisotopic (exact) mass is 743 g/mol. The molecule has 4 amide bonds. The molecule has 5 N–H and O–H groups in total. The van der Waals surface area contributed by atoms with Crippen molar-refractivity contribution in [3.63, 3.8) is 0 Å². The zero-order chi connectivity index (χ0) is 34.9. The third kappa shape index (κ3) is 8.36. The standard InChI is InChI=1S/C25H27N11O9S3.Na/c1-34-19(39)14(8-26-23(34)31-48(3,44)45)27-24(43)29-15(11-4-6-13(37)7-5-11)18(38)28-16-20(40)36-17(22(41)42)12(9-46-21(16)36)10-47-25-30-32-33-35(25)2;/h4-8,15-16,21,37H,9-10H2,1-3H3,(H,26,31)(H,28,38)(H,41,42)(H2,27,29,43);/q;+1/p-1/t15?,16?,21-;/m0./s1. The van der Waals surface area contributed by atoms with E-state index in [1.807, 2.05) is 0 Å². The molecule has 0 spiro atoms. The van der Waals surface area contributed by atoms with Crippen LogP contribution in [-0.4, -0.2) is 101 Å². The van der Waals surface area contributed by atoms with Gasteiger partial charge in [-0.1, -0.05) is 23.9 Å². The number of aryl methyl sites for hydroxylation is 1. The van der Waals surface area contributed by atoms with Crippen LogP contribution in [0.15, 0.2) is 51.7 Å². The van der Waals surface area contributed by atoms with Crippen LogP contribution in [-0.2, 0) is 38.5 Å². The maximum Gasteiger partial charge on any atom is 1.00 e. The average Bonchev–Trinajstić information content (AvgIpc) is 3.44. The Morgan fingerprint density at radius 2 is 1.88 bits per heavy atom. The Bertz CT molecular complexity index is 2000. The number of hydrogen-bond donors (Lipinski definition) is 5. The average molecular weight is 744 g/mol. The molecule has 254 valence electrons. The number of aliphatic carboxylic acids is 1. The second-order valence-corrected chi connectivity index (χ2v) is 14.2. The van der Waals surface area contributed by atoms with Crippen LogP contribution >= 0.6 is 23.5 Å². The van der Waals surface area contributed by atoms with Gasteiger partial charge in [0.05, 0.1) is 24.1 Å². The third-order valence-corrected chi connectivity index (χ3v) is 9.94. The van der Waals surface area contributed by atoms with Crippen molar-refractivity contribution in [2.45, 2.75) is 22.6 Å². The molecule has 20 nitrogen and oxygen atoms in total. The number of thioether (sulfide) groups is 2. The molecule has 3 aromatic rings. The Morgan fingerprint density at radius 1 is 1.18 bits per heavy atom. The predicted octanol–water partition coefficient (Wildman–Crippen LogP) is -5.56. The number of sulfonamides is 1. The summed E-state index contributed by atoms with van der Waals surface area (Å²) in [6, 6.07) is 1.57. The molecule has 2 aliphatic heterocycles. The quantitative estimate of drug-likeness (QED) is 0.0696. The van der Waals surface area contributed by atoms with Crippen LogP contribution < -0.4 is 60.9 Å². The number of nitrogens with one attached hydrogen (secondary N) is 4. The smallest absolute Gasteiger partial charge is 0.543 e. The molecule has 24 heteroatoms. The zero-order valence-electron chi connectivity index (χ0n) is 26.1. The fourth-order valence-electron chi connectivity index (χ4n) is 4.66. The summed E-state index contributed by atoms with van der Waals surface area (Å²) in [4.78, 5) is 69.6. The van der Waals surface area contributed by atoms with E-state index in [0.717, 1.165) is 21.9 Å². The Balaban J connectivity index is 0.00000541. The zero-order valence-corrected chi connectivity index (χ0v) is 30.6. The maximum absolute atomic E-state index is 13.6. The number of aromatic hydroxyl groups is 1. The first kappa shape index (κ1) is 37.7. The Morgan fingerprint density at radius 3 is 2.49 bits per heavy atom. The molecule has 49 heavy (non-hydrogen) atoms. The summed E-state index contributed by atoms with van der Waals surface area (Å²) in [5.41, 5.74) is -0.893. The number of phenolic OH excluding ortho intramolecular Hbond substituents is 1. The SMILES string of the molecule is Cn1nnnc1SCC1=C(C(=O)[O-])N2C(=O)C(NC(=O)C(NC(=O)Nc3cnc(NS(C)(=O)=O)n(C)c3=O)c3ccc(O)cc3)[C@@H]2SC1.[Na+]. The molecule has 2 aliphatic rings. The molecule has 5 rings (SSSR count). The van der Waals surface area contributed by atoms with Gasteiger partial charge in [-0.15, -0.1) is 16.9 Å². The number of hydrogen-bond acceptors (Lipinski definition) is 15. The van der Waals surface area contributed by atoms with E-state index >= 15 is 0 Å². The van der Waals surface area contributed by atoms with Gasteiger partial charge in [-0.3, -0.25) is 28.6 Å².